The van der Waals surface area contributed by atoms with Gasteiger partial charge >= 0.3 is 0 Å². The maximum Gasteiger partial charge on any atom is 0.0161 e. The Morgan fingerprint density at radius 2 is 2.46 bits per heavy atom. The molecular weight excluding hydrogens is 178 g/mol. The van der Waals surface area contributed by atoms with Crippen LogP contribution in [-0.2, 0) is 6.42 Å². The van der Waals surface area contributed by atoms with Crippen LogP contribution in [0, 0.1) is 0 Å². The van der Waals surface area contributed by atoms with Crippen LogP contribution in [-0.4, -0.2) is 12.6 Å². The van der Waals surface area contributed by atoms with Crippen molar-refractivity contribution in [3.05, 3.63) is 34.5 Å². The third-order valence-corrected chi connectivity index (χ3v) is 2.61. The van der Waals surface area contributed by atoms with E-state index in [9.17, 15) is 0 Å². The Labute approximate surface area is 84.5 Å². The Kier molecular flexibility index (Phi) is 4.19. The minimum absolute atomic E-state index is 0.534. The lowest BCUT2D eigenvalue weighted by Gasteiger charge is -2.12. The molecule has 1 N–H and O–H groups in total. The molecule has 0 aliphatic heterocycles. The van der Waals surface area contributed by atoms with Crippen LogP contribution < -0.4 is 5.32 Å². The fraction of sp³-hybridized carbons (Fsp3) is 0.455. The van der Waals surface area contributed by atoms with Crippen molar-refractivity contribution in [2.75, 3.05) is 6.54 Å². The first-order valence-electron chi connectivity index (χ1n) is 4.57. The first kappa shape index (κ1) is 10.5. The fourth-order valence-corrected chi connectivity index (χ4v) is 1.86. The molecule has 13 heavy (non-hydrogen) atoms. The van der Waals surface area contributed by atoms with E-state index >= 15 is 0 Å². The molecule has 2 heteroatoms. The topological polar surface area (TPSA) is 12.0 Å². The van der Waals surface area contributed by atoms with Crippen LogP contribution in [0.2, 0.25) is 0 Å². The summed E-state index contributed by atoms with van der Waals surface area (Å²) in [6, 6.07) is 2.72. The third kappa shape index (κ3) is 4.25. The number of thiophene rings is 1. The zero-order chi connectivity index (χ0) is 9.68. The Morgan fingerprint density at radius 3 is 3.00 bits per heavy atom. The average Bonchev–Trinajstić information content (AvgIpc) is 2.53. The van der Waals surface area contributed by atoms with Crippen molar-refractivity contribution in [1.29, 1.82) is 0 Å². The lowest BCUT2D eigenvalue weighted by molar-refractivity contribution is 0.573. The first-order chi connectivity index (χ1) is 6.18. The lowest BCUT2D eigenvalue weighted by atomic mass is 10.1. The van der Waals surface area contributed by atoms with Crippen molar-refractivity contribution in [3.8, 4) is 0 Å². The molecule has 1 unspecified atom stereocenters. The maximum atomic E-state index is 3.86. The molecule has 1 rings (SSSR count). The van der Waals surface area contributed by atoms with Crippen molar-refractivity contribution in [2.24, 2.45) is 0 Å². The van der Waals surface area contributed by atoms with Crippen molar-refractivity contribution in [1.82, 2.24) is 5.32 Å². The van der Waals surface area contributed by atoms with E-state index in [1.807, 2.05) is 6.92 Å². The second-order valence-electron chi connectivity index (χ2n) is 3.57. The number of nitrogens with one attached hydrogen (secondary N) is 1. The SMILES string of the molecule is C=C(C)CNC(C)Cc1ccsc1. The third-order valence-electron chi connectivity index (χ3n) is 1.87. The van der Waals surface area contributed by atoms with Gasteiger partial charge in [0.15, 0.2) is 0 Å². The molecule has 1 aromatic rings. The molecule has 0 amide bonds. The van der Waals surface area contributed by atoms with E-state index in [1.54, 1.807) is 11.3 Å². The highest BCUT2D eigenvalue weighted by molar-refractivity contribution is 7.07. The van der Waals surface area contributed by atoms with Crippen LogP contribution >= 0.6 is 11.3 Å². The highest BCUT2D eigenvalue weighted by Crippen LogP contribution is 2.08. The Hall–Kier alpha value is -0.600. The van der Waals surface area contributed by atoms with Gasteiger partial charge in [0.1, 0.15) is 0 Å². The summed E-state index contributed by atoms with van der Waals surface area (Å²) in [4.78, 5) is 0. The molecule has 0 bridgehead atoms. The zero-order valence-corrected chi connectivity index (χ0v) is 9.16. The van der Waals surface area contributed by atoms with Gasteiger partial charge in [-0.2, -0.15) is 11.3 Å². The van der Waals surface area contributed by atoms with Crippen molar-refractivity contribution in [3.63, 3.8) is 0 Å². The Balaban J connectivity index is 2.25. The summed E-state index contributed by atoms with van der Waals surface area (Å²) in [7, 11) is 0. The normalized spacial score (nSPS) is 12.8. The largest absolute Gasteiger partial charge is 0.310 e. The number of hydrogen-bond donors (Lipinski definition) is 1. The van der Waals surface area contributed by atoms with E-state index in [0.29, 0.717) is 6.04 Å². The Morgan fingerprint density at radius 1 is 1.69 bits per heavy atom. The fourth-order valence-electron chi connectivity index (χ4n) is 1.18. The Bertz CT molecular complexity index is 251. The second-order valence-corrected chi connectivity index (χ2v) is 4.35. The smallest absolute Gasteiger partial charge is 0.0161 e. The summed E-state index contributed by atoms with van der Waals surface area (Å²) in [6.07, 6.45) is 1.11. The highest BCUT2D eigenvalue weighted by atomic mass is 32.1. The van der Waals surface area contributed by atoms with Crippen LogP contribution in [0.4, 0.5) is 0 Å². The van der Waals surface area contributed by atoms with Crippen molar-refractivity contribution < 1.29 is 0 Å². The molecule has 0 saturated carbocycles. The predicted octanol–water partition coefficient (Wildman–Crippen LogP) is 2.84. The van der Waals surface area contributed by atoms with Crippen LogP contribution in [0.15, 0.2) is 29.0 Å². The molecule has 0 saturated heterocycles. The molecule has 1 heterocycles. The maximum absolute atomic E-state index is 3.86. The van der Waals surface area contributed by atoms with Gasteiger partial charge < -0.3 is 5.32 Å². The molecular formula is C11H17NS. The van der Waals surface area contributed by atoms with Crippen LogP contribution in [0.1, 0.15) is 19.4 Å². The van der Waals surface area contributed by atoms with Crippen molar-refractivity contribution >= 4 is 11.3 Å². The summed E-state index contributed by atoms with van der Waals surface area (Å²) in [5, 5.41) is 7.76. The lowest BCUT2D eigenvalue weighted by Crippen LogP contribution is -2.29. The average molecular weight is 195 g/mol. The molecule has 0 radical (unpaired) electrons. The molecule has 1 atom stereocenters. The molecule has 1 nitrogen and oxygen atoms in total. The van der Waals surface area contributed by atoms with Gasteiger partial charge in [0, 0.05) is 12.6 Å². The van der Waals surface area contributed by atoms with Crippen LogP contribution in [0.5, 0.6) is 0 Å². The summed E-state index contributed by atoms with van der Waals surface area (Å²) in [5.74, 6) is 0. The van der Waals surface area contributed by atoms with Gasteiger partial charge in [-0.05, 0) is 42.7 Å². The van der Waals surface area contributed by atoms with Gasteiger partial charge in [0.05, 0.1) is 0 Å². The quantitative estimate of drug-likeness (QED) is 0.712. The van der Waals surface area contributed by atoms with Gasteiger partial charge in [-0.15, -0.1) is 0 Å². The second kappa shape index (κ2) is 5.20. The molecule has 0 fully saturated rings. The minimum Gasteiger partial charge on any atom is -0.310 e. The summed E-state index contributed by atoms with van der Waals surface area (Å²) >= 11 is 1.76. The van der Waals surface area contributed by atoms with E-state index in [-0.39, 0.29) is 0 Å². The summed E-state index contributed by atoms with van der Waals surface area (Å²) < 4.78 is 0. The predicted molar refractivity (Wildman–Crippen MR) is 60.3 cm³/mol. The van der Waals surface area contributed by atoms with Gasteiger partial charge in [0.2, 0.25) is 0 Å². The highest BCUT2D eigenvalue weighted by Gasteiger charge is 2.02. The standard InChI is InChI=1S/C11H17NS/c1-9(2)7-12-10(3)6-11-4-5-13-8-11/h4-5,8,10,12H,1,6-7H2,2-3H3. The van der Waals surface area contributed by atoms with E-state index in [0.717, 1.165) is 13.0 Å². The van der Waals surface area contributed by atoms with E-state index in [1.165, 1.54) is 11.1 Å². The molecule has 0 aliphatic rings. The van der Waals surface area contributed by atoms with Crippen LogP contribution in [0.3, 0.4) is 0 Å². The monoisotopic (exact) mass is 195 g/mol. The zero-order valence-electron chi connectivity index (χ0n) is 8.34. The molecule has 0 aromatic carbocycles. The van der Waals surface area contributed by atoms with Gasteiger partial charge in [-0.3, -0.25) is 0 Å². The number of rotatable bonds is 5. The van der Waals surface area contributed by atoms with E-state index in [2.05, 4.69) is 35.6 Å². The molecule has 0 aliphatic carbocycles. The molecule has 0 spiro atoms. The van der Waals surface area contributed by atoms with Gasteiger partial charge in [-0.1, -0.05) is 12.2 Å². The summed E-state index contributed by atoms with van der Waals surface area (Å²) in [6.45, 7) is 9.04. The van der Waals surface area contributed by atoms with Gasteiger partial charge in [0.25, 0.3) is 0 Å². The first-order valence-corrected chi connectivity index (χ1v) is 5.51. The number of hydrogen-bond acceptors (Lipinski definition) is 2. The van der Waals surface area contributed by atoms with Gasteiger partial charge in [-0.25, -0.2) is 0 Å². The van der Waals surface area contributed by atoms with Crippen LogP contribution in [0.25, 0.3) is 0 Å². The van der Waals surface area contributed by atoms with E-state index in [4.69, 9.17) is 0 Å². The summed E-state index contributed by atoms with van der Waals surface area (Å²) in [5.41, 5.74) is 2.61. The van der Waals surface area contributed by atoms with E-state index < -0.39 is 0 Å². The molecule has 1 aromatic heterocycles. The van der Waals surface area contributed by atoms with Crippen molar-refractivity contribution in [2.45, 2.75) is 26.3 Å². The molecule has 72 valence electrons. The minimum atomic E-state index is 0.534.